The van der Waals surface area contributed by atoms with Crippen LogP contribution in [0.2, 0.25) is 0 Å². The number of aromatic nitrogens is 2. The number of hydrogen-bond acceptors (Lipinski definition) is 4. The van der Waals surface area contributed by atoms with Crippen molar-refractivity contribution in [2.75, 3.05) is 11.8 Å². The summed E-state index contributed by atoms with van der Waals surface area (Å²) < 4.78 is 36.4. The smallest absolute Gasteiger partial charge is 0.262 e. The molecule has 0 radical (unpaired) electrons. The van der Waals surface area contributed by atoms with Gasteiger partial charge in [-0.3, -0.25) is 4.72 Å². The van der Waals surface area contributed by atoms with Gasteiger partial charge in [-0.2, -0.15) is 0 Å². The predicted molar refractivity (Wildman–Crippen MR) is 119 cm³/mol. The number of benzene rings is 2. The monoisotopic (exact) mass is 421 g/mol. The molecule has 0 atom stereocenters. The van der Waals surface area contributed by atoms with Gasteiger partial charge in [-0.05, 0) is 61.7 Å². The number of hydrogen-bond donors (Lipinski definition) is 1. The molecule has 2 aromatic carbocycles. The number of ether oxygens (including phenoxy) is 1. The molecule has 1 N–H and O–H groups in total. The predicted octanol–water partition coefficient (Wildman–Crippen LogP) is 4.74. The zero-order chi connectivity index (χ0) is 21.5. The zero-order valence-corrected chi connectivity index (χ0v) is 18.1. The van der Waals surface area contributed by atoms with Gasteiger partial charge in [-0.15, -0.1) is 0 Å². The number of rotatable bonds is 5. The van der Waals surface area contributed by atoms with Crippen molar-refractivity contribution in [3.63, 3.8) is 0 Å². The van der Waals surface area contributed by atoms with Crippen LogP contribution in [0, 0.1) is 20.8 Å². The summed E-state index contributed by atoms with van der Waals surface area (Å²) in [6, 6.07) is 14.6. The Kier molecular flexibility index (Phi) is 4.99. The quantitative estimate of drug-likeness (QED) is 0.505. The van der Waals surface area contributed by atoms with E-state index in [-0.39, 0.29) is 4.90 Å². The average Bonchev–Trinajstić information content (AvgIpc) is 3.15. The molecule has 0 bridgehead atoms. The number of aryl methyl sites for hydroxylation is 3. The lowest BCUT2D eigenvalue weighted by atomic mass is 10.1. The summed E-state index contributed by atoms with van der Waals surface area (Å²) in [4.78, 5) is 4.94. The van der Waals surface area contributed by atoms with Gasteiger partial charge >= 0.3 is 0 Å². The van der Waals surface area contributed by atoms with Crippen molar-refractivity contribution >= 4 is 21.4 Å². The van der Waals surface area contributed by atoms with Crippen LogP contribution in [-0.4, -0.2) is 24.9 Å². The van der Waals surface area contributed by atoms with Crippen molar-refractivity contribution in [3.05, 3.63) is 77.6 Å². The standard InChI is InChI=1S/C23H23N3O3S/c1-15-8-7-11-26-14-20(24-23(15)26)18-9-5-6-10-19(18)25-30(27,28)22-13-16(2)21(29-4)12-17(22)3/h5-14,25H,1-4H3. The third-order valence-corrected chi connectivity index (χ3v) is 6.61. The Morgan fingerprint density at radius 3 is 2.47 bits per heavy atom. The molecule has 0 aliphatic carbocycles. The molecule has 30 heavy (non-hydrogen) atoms. The summed E-state index contributed by atoms with van der Waals surface area (Å²) in [6.07, 6.45) is 3.83. The summed E-state index contributed by atoms with van der Waals surface area (Å²) in [5.41, 5.74) is 5.15. The first-order valence-corrected chi connectivity index (χ1v) is 11.0. The van der Waals surface area contributed by atoms with Gasteiger partial charge < -0.3 is 9.14 Å². The fourth-order valence-electron chi connectivity index (χ4n) is 3.55. The Morgan fingerprint density at radius 2 is 1.73 bits per heavy atom. The van der Waals surface area contributed by atoms with E-state index in [2.05, 4.69) is 4.72 Å². The van der Waals surface area contributed by atoms with Crippen LogP contribution in [0.4, 0.5) is 5.69 Å². The van der Waals surface area contributed by atoms with Gasteiger partial charge in [0, 0.05) is 18.0 Å². The topological polar surface area (TPSA) is 72.7 Å². The highest BCUT2D eigenvalue weighted by Crippen LogP contribution is 2.32. The molecule has 0 aliphatic heterocycles. The minimum Gasteiger partial charge on any atom is -0.496 e. The van der Waals surface area contributed by atoms with Crippen molar-refractivity contribution < 1.29 is 13.2 Å². The first kappa shape index (κ1) is 20.0. The van der Waals surface area contributed by atoms with Crippen LogP contribution in [0.1, 0.15) is 16.7 Å². The number of imidazole rings is 1. The van der Waals surface area contributed by atoms with Crippen molar-refractivity contribution in [2.45, 2.75) is 25.7 Å². The van der Waals surface area contributed by atoms with Crippen molar-refractivity contribution in [1.29, 1.82) is 0 Å². The first-order chi connectivity index (χ1) is 14.3. The van der Waals surface area contributed by atoms with E-state index >= 15 is 0 Å². The Labute approximate surface area is 176 Å². The largest absolute Gasteiger partial charge is 0.496 e. The molecule has 7 heteroatoms. The van der Waals surface area contributed by atoms with Gasteiger partial charge in [0.05, 0.1) is 23.4 Å². The average molecular weight is 422 g/mol. The highest BCUT2D eigenvalue weighted by atomic mass is 32.2. The van der Waals surface area contributed by atoms with Crippen LogP contribution >= 0.6 is 0 Å². The fourth-order valence-corrected chi connectivity index (χ4v) is 4.94. The van der Waals surface area contributed by atoms with Crippen LogP contribution in [0.25, 0.3) is 16.9 Å². The SMILES string of the molecule is COc1cc(C)c(S(=O)(=O)Nc2ccccc2-c2cn3cccc(C)c3n2)cc1C. The van der Waals surface area contributed by atoms with E-state index in [0.717, 1.165) is 16.8 Å². The van der Waals surface area contributed by atoms with Gasteiger partial charge in [0.2, 0.25) is 0 Å². The maximum Gasteiger partial charge on any atom is 0.262 e. The first-order valence-electron chi connectivity index (χ1n) is 9.52. The molecule has 2 aromatic heterocycles. The highest BCUT2D eigenvalue weighted by Gasteiger charge is 2.21. The third-order valence-electron chi connectivity index (χ3n) is 5.11. The molecule has 4 rings (SSSR count). The van der Waals surface area contributed by atoms with Gasteiger partial charge in [0.25, 0.3) is 10.0 Å². The zero-order valence-electron chi connectivity index (χ0n) is 17.3. The molecule has 0 spiro atoms. The number of anilines is 1. The summed E-state index contributed by atoms with van der Waals surface area (Å²) in [5.74, 6) is 0.659. The Hall–Kier alpha value is -3.32. The van der Waals surface area contributed by atoms with E-state index in [9.17, 15) is 8.42 Å². The van der Waals surface area contributed by atoms with Crippen molar-refractivity contribution in [3.8, 4) is 17.0 Å². The van der Waals surface area contributed by atoms with Crippen LogP contribution in [-0.2, 0) is 10.0 Å². The number of nitrogens with one attached hydrogen (secondary N) is 1. The number of nitrogens with zero attached hydrogens (tertiary/aromatic N) is 2. The van der Waals surface area contributed by atoms with Gasteiger partial charge in [-0.1, -0.05) is 24.3 Å². The molecule has 0 saturated carbocycles. The number of methoxy groups -OCH3 is 1. The van der Waals surface area contributed by atoms with Crippen LogP contribution < -0.4 is 9.46 Å². The second-order valence-electron chi connectivity index (χ2n) is 7.29. The van der Waals surface area contributed by atoms with Crippen LogP contribution in [0.5, 0.6) is 5.75 Å². The van der Waals surface area contributed by atoms with E-state index in [1.807, 2.05) is 54.9 Å². The second kappa shape index (κ2) is 7.50. The number of para-hydroxylation sites is 1. The normalized spacial score (nSPS) is 11.6. The molecule has 6 nitrogen and oxygen atoms in total. The van der Waals surface area contributed by atoms with E-state index in [1.54, 1.807) is 38.3 Å². The molecule has 0 saturated heterocycles. The molecule has 0 unspecified atom stereocenters. The lowest BCUT2D eigenvalue weighted by molar-refractivity contribution is 0.411. The number of sulfonamides is 1. The lowest BCUT2D eigenvalue weighted by Crippen LogP contribution is -2.15. The molecular weight excluding hydrogens is 398 g/mol. The van der Waals surface area contributed by atoms with Crippen LogP contribution in [0.3, 0.4) is 0 Å². The molecule has 0 amide bonds. The summed E-state index contributed by atoms with van der Waals surface area (Å²) in [6.45, 7) is 5.58. The molecule has 0 fully saturated rings. The van der Waals surface area contributed by atoms with Gasteiger partial charge in [-0.25, -0.2) is 13.4 Å². The number of fused-ring (bicyclic) bond motifs is 1. The number of pyridine rings is 1. The lowest BCUT2D eigenvalue weighted by Gasteiger charge is -2.15. The molecular formula is C23H23N3O3S. The van der Waals surface area contributed by atoms with E-state index in [4.69, 9.17) is 9.72 Å². The second-order valence-corrected chi connectivity index (χ2v) is 8.94. The van der Waals surface area contributed by atoms with E-state index in [1.165, 1.54) is 0 Å². The third kappa shape index (κ3) is 3.52. The molecule has 2 heterocycles. The summed E-state index contributed by atoms with van der Waals surface area (Å²) in [5, 5.41) is 0. The molecule has 4 aromatic rings. The van der Waals surface area contributed by atoms with Crippen molar-refractivity contribution in [1.82, 2.24) is 9.38 Å². The van der Waals surface area contributed by atoms with Gasteiger partial charge in [0.1, 0.15) is 11.4 Å². The maximum atomic E-state index is 13.2. The molecule has 0 aliphatic rings. The Bertz CT molecular complexity index is 1360. The minimum absolute atomic E-state index is 0.224. The van der Waals surface area contributed by atoms with Gasteiger partial charge in [0.15, 0.2) is 0 Å². The summed E-state index contributed by atoms with van der Waals surface area (Å²) >= 11 is 0. The molecule has 154 valence electrons. The van der Waals surface area contributed by atoms with Crippen LogP contribution in [0.15, 0.2) is 65.8 Å². The minimum atomic E-state index is -3.80. The van der Waals surface area contributed by atoms with E-state index < -0.39 is 10.0 Å². The summed E-state index contributed by atoms with van der Waals surface area (Å²) in [7, 11) is -2.23. The van der Waals surface area contributed by atoms with Crippen molar-refractivity contribution in [2.24, 2.45) is 0 Å². The highest BCUT2D eigenvalue weighted by molar-refractivity contribution is 7.92. The van der Waals surface area contributed by atoms with E-state index in [0.29, 0.717) is 28.3 Å². The maximum absolute atomic E-state index is 13.2. The fraction of sp³-hybridized carbons (Fsp3) is 0.174. The Balaban J connectivity index is 1.78. The Morgan fingerprint density at radius 1 is 0.967 bits per heavy atom.